The van der Waals surface area contributed by atoms with E-state index in [4.69, 9.17) is 5.73 Å². The fraction of sp³-hybridized carbons (Fsp3) is 0.600. The minimum absolute atomic E-state index is 0.178. The highest BCUT2D eigenvalue weighted by molar-refractivity contribution is 5.70. The lowest BCUT2D eigenvalue weighted by Crippen LogP contribution is -2.37. The molecule has 1 aliphatic heterocycles. The Kier molecular flexibility index (Phi) is 4.95. The fourth-order valence-corrected chi connectivity index (χ4v) is 2.67. The Bertz CT molecular complexity index is 464. The molecule has 20 heavy (non-hydrogen) atoms. The van der Waals surface area contributed by atoms with Crippen LogP contribution in [0.3, 0.4) is 0 Å². The number of hydrogen-bond acceptors (Lipinski definition) is 5. The number of piperidine rings is 1. The zero-order valence-corrected chi connectivity index (χ0v) is 12.2. The number of nitrogens with two attached hydrogens (primary N) is 1. The number of methoxy groups -OCH3 is 1. The van der Waals surface area contributed by atoms with Crippen LogP contribution in [0.4, 0.5) is 5.69 Å². The molecular weight excluding hydrogens is 254 g/mol. The number of carbonyl (C=O) groups is 1. The van der Waals surface area contributed by atoms with E-state index < -0.39 is 0 Å². The molecule has 0 aromatic carbocycles. The lowest BCUT2D eigenvalue weighted by atomic mass is 10.0. The summed E-state index contributed by atoms with van der Waals surface area (Å²) in [5.74, 6) is -0.297. The summed E-state index contributed by atoms with van der Waals surface area (Å²) in [5, 5.41) is 0. The van der Waals surface area contributed by atoms with E-state index in [1.165, 1.54) is 26.4 Å². The third-order valence-corrected chi connectivity index (χ3v) is 3.92. The van der Waals surface area contributed by atoms with Crippen LogP contribution in [0.2, 0.25) is 0 Å². The predicted molar refractivity (Wildman–Crippen MR) is 78.5 cm³/mol. The second-order valence-corrected chi connectivity index (χ2v) is 5.40. The van der Waals surface area contributed by atoms with E-state index in [0.29, 0.717) is 6.04 Å². The second-order valence-electron chi connectivity index (χ2n) is 5.40. The molecule has 5 heteroatoms. The van der Waals surface area contributed by atoms with Gasteiger partial charge < -0.3 is 15.4 Å². The summed E-state index contributed by atoms with van der Waals surface area (Å²) in [6.07, 6.45) is 7.48. The number of aromatic nitrogens is 1. The van der Waals surface area contributed by atoms with Crippen LogP contribution in [0.15, 0.2) is 18.5 Å². The van der Waals surface area contributed by atoms with E-state index >= 15 is 0 Å². The van der Waals surface area contributed by atoms with Crippen molar-refractivity contribution in [3.05, 3.63) is 24.0 Å². The van der Waals surface area contributed by atoms with E-state index in [0.717, 1.165) is 17.8 Å². The van der Waals surface area contributed by atoms with Crippen LogP contribution in [-0.2, 0) is 9.53 Å². The fourth-order valence-electron chi connectivity index (χ4n) is 2.67. The Morgan fingerprint density at radius 3 is 3.05 bits per heavy atom. The summed E-state index contributed by atoms with van der Waals surface area (Å²) < 4.78 is 4.66. The van der Waals surface area contributed by atoms with Crippen LogP contribution in [0, 0.1) is 0 Å². The molecule has 0 spiro atoms. The van der Waals surface area contributed by atoms with Crippen LogP contribution in [0.5, 0.6) is 0 Å². The molecule has 5 nitrogen and oxygen atoms in total. The standard InChI is InChI=1S/C15H23N3O2/c1-11-5-3-4-6-18(11)13-7-12(9-17-10-13)14(16)8-15(19)20-2/h7,9-11,14H,3-6,8,16H2,1-2H3. The van der Waals surface area contributed by atoms with Crippen LogP contribution in [-0.4, -0.2) is 30.6 Å². The van der Waals surface area contributed by atoms with Gasteiger partial charge in [-0.1, -0.05) is 0 Å². The first-order valence-electron chi connectivity index (χ1n) is 7.16. The molecule has 1 aromatic heterocycles. The zero-order chi connectivity index (χ0) is 14.5. The molecule has 1 aromatic rings. The van der Waals surface area contributed by atoms with Gasteiger partial charge in [0.05, 0.1) is 25.4 Å². The molecule has 2 N–H and O–H groups in total. The molecule has 0 amide bonds. The normalized spacial score (nSPS) is 20.6. The van der Waals surface area contributed by atoms with E-state index in [1.54, 1.807) is 6.20 Å². The lowest BCUT2D eigenvalue weighted by molar-refractivity contribution is -0.141. The minimum Gasteiger partial charge on any atom is -0.469 e. The van der Waals surface area contributed by atoms with E-state index in [-0.39, 0.29) is 18.4 Å². The van der Waals surface area contributed by atoms with Gasteiger partial charge in [-0.25, -0.2) is 0 Å². The lowest BCUT2D eigenvalue weighted by Gasteiger charge is -2.35. The van der Waals surface area contributed by atoms with Gasteiger partial charge in [0.25, 0.3) is 0 Å². The molecular formula is C15H23N3O2. The Balaban J connectivity index is 2.12. The summed E-state index contributed by atoms with van der Waals surface area (Å²) in [5.41, 5.74) is 8.02. The second kappa shape index (κ2) is 6.70. The molecule has 2 unspecified atom stereocenters. The van der Waals surface area contributed by atoms with Gasteiger partial charge in [0.1, 0.15) is 0 Å². The predicted octanol–water partition coefficient (Wildman–Crippen LogP) is 2.02. The number of rotatable bonds is 4. The Labute approximate surface area is 120 Å². The molecule has 2 rings (SSSR count). The summed E-state index contributed by atoms with van der Waals surface area (Å²) >= 11 is 0. The molecule has 1 fully saturated rings. The van der Waals surface area contributed by atoms with Gasteiger partial charge in [-0.3, -0.25) is 9.78 Å². The molecule has 110 valence electrons. The molecule has 0 aliphatic carbocycles. The van der Waals surface area contributed by atoms with Crippen molar-refractivity contribution >= 4 is 11.7 Å². The van der Waals surface area contributed by atoms with E-state index in [9.17, 15) is 4.79 Å². The maximum atomic E-state index is 11.3. The third kappa shape index (κ3) is 3.48. The first kappa shape index (κ1) is 14.8. The molecule has 0 bridgehead atoms. The molecule has 0 radical (unpaired) electrons. The Morgan fingerprint density at radius 1 is 1.55 bits per heavy atom. The number of carbonyl (C=O) groups excluding carboxylic acids is 1. The molecule has 2 heterocycles. The van der Waals surface area contributed by atoms with Gasteiger partial charge >= 0.3 is 5.97 Å². The first-order valence-corrected chi connectivity index (χ1v) is 7.16. The van der Waals surface area contributed by atoms with Crippen molar-refractivity contribution in [2.24, 2.45) is 5.73 Å². The average molecular weight is 277 g/mol. The SMILES string of the molecule is COC(=O)CC(N)c1cncc(N2CCCCC2C)c1. The van der Waals surface area contributed by atoms with Gasteiger partial charge in [-0.05, 0) is 37.8 Å². The number of pyridine rings is 1. The summed E-state index contributed by atoms with van der Waals surface area (Å²) in [6.45, 7) is 3.29. The number of anilines is 1. The smallest absolute Gasteiger partial charge is 0.307 e. The Morgan fingerprint density at radius 2 is 2.35 bits per heavy atom. The van der Waals surface area contributed by atoms with Crippen molar-refractivity contribution in [2.45, 2.75) is 44.7 Å². The molecule has 1 saturated heterocycles. The highest BCUT2D eigenvalue weighted by Gasteiger charge is 2.20. The van der Waals surface area contributed by atoms with Gasteiger partial charge in [0, 0.05) is 24.8 Å². The number of hydrogen-bond donors (Lipinski definition) is 1. The summed E-state index contributed by atoms with van der Waals surface area (Å²) in [6, 6.07) is 2.20. The van der Waals surface area contributed by atoms with Crippen LogP contribution < -0.4 is 10.6 Å². The van der Waals surface area contributed by atoms with Crippen LogP contribution in [0.25, 0.3) is 0 Å². The zero-order valence-electron chi connectivity index (χ0n) is 12.2. The van der Waals surface area contributed by atoms with E-state index in [1.807, 2.05) is 12.3 Å². The Hall–Kier alpha value is -1.62. The van der Waals surface area contributed by atoms with Crippen molar-refractivity contribution in [2.75, 3.05) is 18.6 Å². The van der Waals surface area contributed by atoms with Crippen LogP contribution >= 0.6 is 0 Å². The molecule has 0 saturated carbocycles. The molecule has 1 aliphatic rings. The average Bonchev–Trinajstić information content (AvgIpc) is 2.47. The summed E-state index contributed by atoms with van der Waals surface area (Å²) in [7, 11) is 1.37. The largest absolute Gasteiger partial charge is 0.469 e. The molecule has 2 atom stereocenters. The maximum Gasteiger partial charge on any atom is 0.307 e. The van der Waals surface area contributed by atoms with Crippen molar-refractivity contribution < 1.29 is 9.53 Å². The van der Waals surface area contributed by atoms with Crippen molar-refractivity contribution in [3.63, 3.8) is 0 Å². The van der Waals surface area contributed by atoms with Gasteiger partial charge in [0.2, 0.25) is 0 Å². The van der Waals surface area contributed by atoms with Gasteiger partial charge in [-0.15, -0.1) is 0 Å². The number of nitrogens with zero attached hydrogens (tertiary/aromatic N) is 2. The topological polar surface area (TPSA) is 68.5 Å². The summed E-state index contributed by atoms with van der Waals surface area (Å²) in [4.78, 5) is 17.9. The van der Waals surface area contributed by atoms with Gasteiger partial charge in [-0.2, -0.15) is 0 Å². The minimum atomic E-state index is -0.366. The highest BCUT2D eigenvalue weighted by atomic mass is 16.5. The quantitative estimate of drug-likeness (QED) is 0.853. The first-order chi connectivity index (χ1) is 9.61. The van der Waals surface area contributed by atoms with Gasteiger partial charge in [0.15, 0.2) is 0 Å². The van der Waals surface area contributed by atoms with Crippen LogP contribution in [0.1, 0.15) is 44.2 Å². The monoisotopic (exact) mass is 277 g/mol. The third-order valence-electron chi connectivity index (χ3n) is 3.92. The highest BCUT2D eigenvalue weighted by Crippen LogP contribution is 2.26. The van der Waals surface area contributed by atoms with E-state index in [2.05, 4.69) is 21.5 Å². The maximum absolute atomic E-state index is 11.3. The number of esters is 1. The van der Waals surface area contributed by atoms with Crippen molar-refractivity contribution in [1.29, 1.82) is 0 Å². The van der Waals surface area contributed by atoms with Crippen molar-refractivity contribution in [3.8, 4) is 0 Å². The number of ether oxygens (including phenoxy) is 1. The van der Waals surface area contributed by atoms with Crippen molar-refractivity contribution in [1.82, 2.24) is 4.98 Å².